The van der Waals surface area contributed by atoms with Crippen molar-refractivity contribution in [3.63, 3.8) is 0 Å². The Hall–Kier alpha value is -3.70. The van der Waals surface area contributed by atoms with Crippen LogP contribution >= 0.6 is 0 Å². The minimum atomic E-state index is -2.39. The number of methoxy groups -OCH3 is 1. The second-order valence-electron chi connectivity index (χ2n) is 17.7. The van der Waals surface area contributed by atoms with E-state index in [1.807, 2.05) is 13.0 Å². The number of fused-ring (bicyclic) bond motifs is 6. The van der Waals surface area contributed by atoms with Crippen molar-refractivity contribution in [3.8, 4) is 0 Å². The van der Waals surface area contributed by atoms with Gasteiger partial charge >= 0.3 is 23.9 Å². The van der Waals surface area contributed by atoms with Gasteiger partial charge < -0.3 is 53.6 Å². The van der Waals surface area contributed by atoms with Gasteiger partial charge in [-0.15, -0.1) is 0 Å². The van der Waals surface area contributed by atoms with E-state index in [-0.39, 0.29) is 37.7 Å². The fraction of sp³-hybridized carbons (Fsp3) is 0.689. The zero-order valence-electron chi connectivity index (χ0n) is 36.3. The lowest BCUT2D eigenvalue weighted by atomic mass is 9.70. The average molecular weight is 847 g/mol. The van der Waals surface area contributed by atoms with E-state index >= 15 is 0 Å². The SMILES string of the molecule is C=C1C[C@H]2C[C@]3(O)O[C@H](C[C@@H](O)CC(=O)O[C@@H]([C@@H](C)O)C[C@@H]4CC(=CC(=O)OC)[C@H](OC(=O)C=CC=CCCC)[C@@](O)(O4)C(C)(C)C=C[C@@H](C1)O2)C[C@H](OC(C)=O)C3(C)C. The van der Waals surface area contributed by atoms with E-state index in [0.29, 0.717) is 12.8 Å². The van der Waals surface area contributed by atoms with Crippen LogP contribution in [-0.4, -0.2) is 118 Å². The Morgan fingerprint density at radius 2 is 1.68 bits per heavy atom. The van der Waals surface area contributed by atoms with Crippen LogP contribution in [0.2, 0.25) is 0 Å². The summed E-state index contributed by atoms with van der Waals surface area (Å²) in [7, 11) is 1.18. The molecule has 4 aliphatic rings. The molecule has 4 aliphatic heterocycles. The van der Waals surface area contributed by atoms with Crippen LogP contribution < -0.4 is 0 Å². The molecule has 4 rings (SSSR count). The quantitative estimate of drug-likeness (QED) is 0.0854. The molecule has 0 saturated carbocycles. The van der Waals surface area contributed by atoms with Gasteiger partial charge in [0.05, 0.1) is 55.6 Å². The molecule has 15 heteroatoms. The normalized spacial score (nSPS) is 36.3. The predicted molar refractivity (Wildman–Crippen MR) is 217 cm³/mol. The van der Waals surface area contributed by atoms with Gasteiger partial charge in [-0.2, -0.15) is 0 Å². The average Bonchev–Trinajstić information content (AvgIpc) is 3.13. The van der Waals surface area contributed by atoms with Gasteiger partial charge in [-0.25, -0.2) is 9.59 Å². The van der Waals surface area contributed by atoms with Crippen LogP contribution in [0.25, 0.3) is 0 Å². The summed E-state index contributed by atoms with van der Waals surface area (Å²) in [6.07, 6.45) is 3.04. The third-order valence-electron chi connectivity index (χ3n) is 11.9. The number of aliphatic hydroxyl groups is 4. The summed E-state index contributed by atoms with van der Waals surface area (Å²) in [4.78, 5) is 51.8. The lowest BCUT2D eigenvalue weighted by molar-refractivity contribution is -0.348. The first kappa shape index (κ1) is 49.0. The number of unbranched alkanes of at least 4 members (excludes halogenated alkanes) is 1. The smallest absolute Gasteiger partial charge is 0.331 e. The minimum absolute atomic E-state index is 0.0786. The number of aliphatic hydroxyl groups excluding tert-OH is 2. The highest BCUT2D eigenvalue weighted by atomic mass is 16.7. The minimum Gasteiger partial charge on any atom is -0.466 e. The maximum Gasteiger partial charge on any atom is 0.331 e. The van der Waals surface area contributed by atoms with Crippen molar-refractivity contribution >= 4 is 23.9 Å². The summed E-state index contributed by atoms with van der Waals surface area (Å²) in [5, 5.41) is 47.2. The summed E-state index contributed by atoms with van der Waals surface area (Å²) in [6.45, 7) is 15.7. The number of rotatable bonds is 8. The van der Waals surface area contributed by atoms with E-state index in [4.69, 9.17) is 33.2 Å². The van der Waals surface area contributed by atoms with E-state index in [2.05, 4.69) is 6.58 Å². The van der Waals surface area contributed by atoms with Gasteiger partial charge in [0.1, 0.15) is 12.2 Å². The van der Waals surface area contributed by atoms with Crippen LogP contribution in [0.3, 0.4) is 0 Å². The van der Waals surface area contributed by atoms with E-state index < -0.39 is 108 Å². The van der Waals surface area contributed by atoms with Gasteiger partial charge in [-0.3, -0.25) is 9.59 Å². The Morgan fingerprint density at radius 1 is 0.967 bits per heavy atom. The highest BCUT2D eigenvalue weighted by molar-refractivity contribution is 5.84. The highest BCUT2D eigenvalue weighted by Crippen LogP contribution is 2.50. The van der Waals surface area contributed by atoms with E-state index in [9.17, 15) is 39.6 Å². The summed E-state index contributed by atoms with van der Waals surface area (Å²) in [6, 6.07) is 0. The van der Waals surface area contributed by atoms with Gasteiger partial charge in [-0.1, -0.05) is 83.6 Å². The van der Waals surface area contributed by atoms with Crippen molar-refractivity contribution in [2.45, 2.75) is 179 Å². The Morgan fingerprint density at radius 3 is 2.33 bits per heavy atom. The highest BCUT2D eigenvalue weighted by Gasteiger charge is 2.59. The molecule has 0 amide bonds. The van der Waals surface area contributed by atoms with E-state index in [1.165, 1.54) is 33.1 Å². The summed E-state index contributed by atoms with van der Waals surface area (Å²) < 4.78 is 41.6. The largest absolute Gasteiger partial charge is 0.466 e. The van der Waals surface area contributed by atoms with Crippen molar-refractivity contribution in [1.82, 2.24) is 0 Å². The first-order valence-corrected chi connectivity index (χ1v) is 20.9. The molecule has 0 spiro atoms. The lowest BCUT2D eigenvalue weighted by Crippen LogP contribution is -2.62. The number of allylic oxidation sites excluding steroid dienone is 3. The second kappa shape index (κ2) is 20.4. The predicted octanol–water partition coefficient (Wildman–Crippen LogP) is 4.74. The van der Waals surface area contributed by atoms with Crippen LogP contribution in [0, 0.1) is 10.8 Å². The van der Waals surface area contributed by atoms with Gasteiger partial charge in [0.2, 0.25) is 5.79 Å². The van der Waals surface area contributed by atoms with Crippen LogP contribution in [0.4, 0.5) is 0 Å². The number of carbonyl (C=O) groups is 4. The Kier molecular flexibility index (Phi) is 16.7. The van der Waals surface area contributed by atoms with E-state index in [1.54, 1.807) is 45.9 Å². The summed E-state index contributed by atoms with van der Waals surface area (Å²) in [5.74, 6) is -7.36. The molecule has 0 unspecified atom stereocenters. The molecular weight excluding hydrogens is 780 g/mol. The molecule has 11 atom stereocenters. The standard InChI is InChI=1S/C45H66O15/c1-10-11-12-13-14-15-38(49)58-41-30(21-39(50)54-9)20-33-24-36(28(3)46)57-40(51)23-31(48)22-34-25-37(55-29(4)47)43(7,8)44(52,59-34)26-35-19-27(2)18-32(56-35)16-17-42(5,6)45(41,53)60-33/h12-17,21,28,31-37,41,46,48,52-53H,2,10-11,18-20,22-26H2,1,3-9H3/t28-,31-,32+,33+,34-,35+,36-,37+,41+,44+,45-/m1/s1. The van der Waals surface area contributed by atoms with Gasteiger partial charge in [0.25, 0.3) is 0 Å². The fourth-order valence-electron chi connectivity index (χ4n) is 8.28. The Balaban J connectivity index is 1.82. The maximum absolute atomic E-state index is 13.4. The molecule has 336 valence electrons. The van der Waals surface area contributed by atoms with Crippen molar-refractivity contribution in [3.05, 3.63) is 60.3 Å². The van der Waals surface area contributed by atoms with Crippen LogP contribution in [0.15, 0.2) is 60.3 Å². The molecule has 4 heterocycles. The first-order valence-electron chi connectivity index (χ1n) is 20.9. The molecule has 0 aromatic carbocycles. The van der Waals surface area contributed by atoms with Crippen molar-refractivity contribution in [1.29, 1.82) is 0 Å². The van der Waals surface area contributed by atoms with Crippen LogP contribution in [-0.2, 0) is 52.3 Å². The summed E-state index contributed by atoms with van der Waals surface area (Å²) >= 11 is 0. The lowest BCUT2D eigenvalue weighted by Gasteiger charge is -2.53. The molecule has 3 fully saturated rings. The third kappa shape index (κ3) is 12.2. The number of ether oxygens (including phenoxy) is 7. The number of hydrogen-bond acceptors (Lipinski definition) is 15. The Labute approximate surface area is 353 Å². The first-order chi connectivity index (χ1) is 28.0. The summed E-state index contributed by atoms with van der Waals surface area (Å²) in [5.41, 5.74) is -1.62. The zero-order chi connectivity index (χ0) is 44.6. The van der Waals surface area contributed by atoms with Gasteiger partial charge in [-0.05, 0) is 38.2 Å². The van der Waals surface area contributed by atoms with Crippen molar-refractivity contribution in [2.24, 2.45) is 10.8 Å². The molecule has 0 aromatic rings. The van der Waals surface area contributed by atoms with Crippen LogP contribution in [0.1, 0.15) is 113 Å². The zero-order valence-corrected chi connectivity index (χ0v) is 36.3. The van der Waals surface area contributed by atoms with Crippen molar-refractivity contribution in [2.75, 3.05) is 7.11 Å². The monoisotopic (exact) mass is 846 g/mol. The van der Waals surface area contributed by atoms with Crippen LogP contribution in [0.5, 0.6) is 0 Å². The third-order valence-corrected chi connectivity index (χ3v) is 11.9. The Bertz CT molecular complexity index is 1680. The molecule has 3 saturated heterocycles. The fourth-order valence-corrected chi connectivity index (χ4v) is 8.28. The molecule has 4 N–H and O–H groups in total. The topological polar surface area (TPSA) is 214 Å². The number of esters is 4. The molecule has 0 aliphatic carbocycles. The maximum atomic E-state index is 13.4. The number of hydrogen-bond donors (Lipinski definition) is 4. The van der Waals surface area contributed by atoms with Crippen molar-refractivity contribution < 1.29 is 72.8 Å². The van der Waals surface area contributed by atoms with E-state index in [0.717, 1.165) is 24.5 Å². The molecule has 15 nitrogen and oxygen atoms in total. The molecule has 0 aromatic heterocycles. The number of cyclic esters (lactones) is 1. The van der Waals surface area contributed by atoms with Gasteiger partial charge in [0.15, 0.2) is 11.9 Å². The molecule has 0 radical (unpaired) electrons. The molecule has 6 bridgehead atoms. The second-order valence-corrected chi connectivity index (χ2v) is 17.7. The van der Waals surface area contributed by atoms with Gasteiger partial charge in [0, 0.05) is 50.2 Å². The number of carbonyl (C=O) groups excluding carboxylic acids is 4. The molecular formula is C45H66O15. The molecule has 60 heavy (non-hydrogen) atoms.